The van der Waals surface area contributed by atoms with Gasteiger partial charge in [-0.15, -0.1) is 0 Å². The van der Waals surface area contributed by atoms with Crippen LogP contribution in [0, 0.1) is 0 Å². The Kier molecular flexibility index (Phi) is 2.82. The van der Waals surface area contributed by atoms with Gasteiger partial charge in [0.2, 0.25) is 0 Å². The number of nitrogens with zero attached hydrogens (tertiary/aromatic N) is 1. The number of aromatic nitrogens is 1. The van der Waals surface area contributed by atoms with Gasteiger partial charge in [-0.3, -0.25) is 4.98 Å². The molecule has 1 saturated carbocycles. The molecule has 2 heteroatoms. The molecule has 0 amide bonds. The summed E-state index contributed by atoms with van der Waals surface area (Å²) in [6, 6.07) is 4.75. The van der Waals surface area contributed by atoms with Gasteiger partial charge in [-0.05, 0) is 43.9 Å². The number of pyridine rings is 1. The van der Waals surface area contributed by atoms with Gasteiger partial charge in [0.1, 0.15) is 0 Å². The summed E-state index contributed by atoms with van der Waals surface area (Å²) < 4.78 is 0. The molecule has 1 aliphatic rings. The van der Waals surface area contributed by atoms with Crippen LogP contribution >= 0.6 is 0 Å². The Morgan fingerprint density at radius 3 is 2.79 bits per heavy atom. The van der Waals surface area contributed by atoms with Crippen LogP contribution in [0.3, 0.4) is 0 Å². The highest BCUT2D eigenvalue weighted by atomic mass is 14.9. The van der Waals surface area contributed by atoms with Crippen molar-refractivity contribution in [3.63, 3.8) is 0 Å². The van der Waals surface area contributed by atoms with Gasteiger partial charge in [0.05, 0.1) is 5.69 Å². The van der Waals surface area contributed by atoms with Crippen molar-refractivity contribution < 1.29 is 0 Å². The van der Waals surface area contributed by atoms with Gasteiger partial charge in [0.15, 0.2) is 0 Å². The molecule has 1 N–H and O–H groups in total. The zero-order valence-electron chi connectivity index (χ0n) is 8.96. The van der Waals surface area contributed by atoms with E-state index in [1.807, 2.05) is 6.20 Å². The van der Waals surface area contributed by atoms with Crippen LogP contribution in [0.25, 0.3) is 0 Å². The summed E-state index contributed by atoms with van der Waals surface area (Å²) in [7, 11) is 0. The predicted molar refractivity (Wildman–Crippen MR) is 58.3 cm³/mol. The van der Waals surface area contributed by atoms with Crippen LogP contribution in [0.5, 0.6) is 0 Å². The fourth-order valence-corrected chi connectivity index (χ4v) is 1.74. The lowest BCUT2D eigenvalue weighted by atomic mass is 10.1. The highest BCUT2D eigenvalue weighted by molar-refractivity contribution is 5.23. The van der Waals surface area contributed by atoms with Crippen molar-refractivity contribution in [1.82, 2.24) is 10.3 Å². The average molecular weight is 190 g/mol. The Morgan fingerprint density at radius 1 is 1.50 bits per heavy atom. The van der Waals surface area contributed by atoms with Gasteiger partial charge in [0, 0.05) is 12.2 Å². The fraction of sp³-hybridized carbons (Fsp3) is 0.583. The molecule has 0 aliphatic heterocycles. The lowest BCUT2D eigenvalue weighted by Gasteiger charge is -2.11. The second-order valence-corrected chi connectivity index (χ2v) is 4.07. The zero-order chi connectivity index (χ0) is 9.97. The van der Waals surface area contributed by atoms with E-state index in [9.17, 15) is 0 Å². The van der Waals surface area contributed by atoms with Gasteiger partial charge < -0.3 is 5.32 Å². The first-order valence-corrected chi connectivity index (χ1v) is 5.50. The molecule has 1 fully saturated rings. The second-order valence-electron chi connectivity index (χ2n) is 4.07. The van der Waals surface area contributed by atoms with Gasteiger partial charge in [-0.1, -0.05) is 13.0 Å². The predicted octanol–water partition coefficient (Wildman–Crippen LogP) is 2.63. The number of nitrogens with one attached hydrogen (secondary N) is 1. The van der Waals surface area contributed by atoms with E-state index in [0.29, 0.717) is 6.04 Å². The smallest absolute Gasteiger partial charge is 0.0570 e. The molecular weight excluding hydrogens is 172 g/mol. The molecule has 1 aliphatic carbocycles. The molecule has 1 atom stereocenters. The van der Waals surface area contributed by atoms with Crippen LogP contribution in [0.1, 0.15) is 49.9 Å². The SMILES string of the molecule is CCNC(C)c1ccc(C2CC2)cn1. The Morgan fingerprint density at radius 2 is 2.29 bits per heavy atom. The molecule has 1 aromatic heterocycles. The normalized spacial score (nSPS) is 18.1. The number of hydrogen-bond donors (Lipinski definition) is 1. The van der Waals surface area contributed by atoms with Gasteiger partial charge in [-0.2, -0.15) is 0 Å². The molecule has 0 radical (unpaired) electrons. The summed E-state index contributed by atoms with van der Waals surface area (Å²) in [6.45, 7) is 5.27. The number of hydrogen-bond acceptors (Lipinski definition) is 2. The van der Waals surface area contributed by atoms with Crippen LogP contribution < -0.4 is 5.32 Å². The summed E-state index contributed by atoms with van der Waals surface area (Å²) in [5.74, 6) is 0.811. The summed E-state index contributed by atoms with van der Waals surface area (Å²) in [5.41, 5.74) is 2.56. The Balaban J connectivity index is 2.04. The van der Waals surface area contributed by atoms with E-state index in [0.717, 1.165) is 18.2 Å². The molecule has 0 spiro atoms. The van der Waals surface area contributed by atoms with Crippen LogP contribution in [0.15, 0.2) is 18.3 Å². The van der Waals surface area contributed by atoms with E-state index >= 15 is 0 Å². The minimum atomic E-state index is 0.369. The summed E-state index contributed by atoms with van der Waals surface area (Å²) in [6.07, 6.45) is 4.74. The largest absolute Gasteiger partial charge is 0.309 e. The minimum absolute atomic E-state index is 0.369. The standard InChI is InChI=1S/C12H18N2/c1-3-13-9(2)12-7-6-11(8-14-12)10-4-5-10/h6-10,13H,3-5H2,1-2H3. The second kappa shape index (κ2) is 4.09. The molecule has 0 bridgehead atoms. The first-order chi connectivity index (χ1) is 6.81. The van der Waals surface area contributed by atoms with Crippen molar-refractivity contribution in [2.24, 2.45) is 0 Å². The van der Waals surface area contributed by atoms with Crippen LogP contribution in [-0.2, 0) is 0 Å². The minimum Gasteiger partial charge on any atom is -0.309 e. The molecule has 76 valence electrons. The lowest BCUT2D eigenvalue weighted by Crippen LogP contribution is -2.18. The summed E-state index contributed by atoms with van der Waals surface area (Å²) >= 11 is 0. The van der Waals surface area contributed by atoms with E-state index in [4.69, 9.17) is 0 Å². The first-order valence-electron chi connectivity index (χ1n) is 5.50. The van der Waals surface area contributed by atoms with E-state index in [1.54, 1.807) is 0 Å². The van der Waals surface area contributed by atoms with Crippen molar-refractivity contribution in [3.05, 3.63) is 29.6 Å². The van der Waals surface area contributed by atoms with Crippen molar-refractivity contribution >= 4 is 0 Å². The first kappa shape index (κ1) is 9.66. The molecule has 2 rings (SSSR count). The highest BCUT2D eigenvalue weighted by Gasteiger charge is 2.23. The number of rotatable bonds is 4. The molecule has 1 heterocycles. The topological polar surface area (TPSA) is 24.9 Å². The van der Waals surface area contributed by atoms with E-state index in [1.165, 1.54) is 18.4 Å². The molecular formula is C12H18N2. The maximum Gasteiger partial charge on any atom is 0.0570 e. The van der Waals surface area contributed by atoms with Gasteiger partial charge in [0.25, 0.3) is 0 Å². The van der Waals surface area contributed by atoms with Crippen molar-refractivity contribution in [1.29, 1.82) is 0 Å². The van der Waals surface area contributed by atoms with E-state index in [-0.39, 0.29) is 0 Å². The molecule has 1 unspecified atom stereocenters. The van der Waals surface area contributed by atoms with Crippen LogP contribution in [-0.4, -0.2) is 11.5 Å². The third-order valence-corrected chi connectivity index (χ3v) is 2.81. The fourth-order valence-electron chi connectivity index (χ4n) is 1.74. The van der Waals surface area contributed by atoms with Gasteiger partial charge >= 0.3 is 0 Å². The van der Waals surface area contributed by atoms with Crippen LogP contribution in [0.2, 0.25) is 0 Å². The summed E-state index contributed by atoms with van der Waals surface area (Å²) in [5, 5.41) is 3.36. The Bertz CT molecular complexity index is 288. The van der Waals surface area contributed by atoms with E-state index in [2.05, 4.69) is 36.3 Å². The molecule has 0 aromatic carbocycles. The highest BCUT2D eigenvalue weighted by Crippen LogP contribution is 2.39. The Hall–Kier alpha value is -0.890. The molecule has 1 aromatic rings. The lowest BCUT2D eigenvalue weighted by molar-refractivity contribution is 0.583. The van der Waals surface area contributed by atoms with Gasteiger partial charge in [-0.25, -0.2) is 0 Å². The molecule has 2 nitrogen and oxygen atoms in total. The summed E-state index contributed by atoms with van der Waals surface area (Å²) in [4.78, 5) is 4.50. The molecule has 14 heavy (non-hydrogen) atoms. The third-order valence-electron chi connectivity index (χ3n) is 2.81. The maximum atomic E-state index is 4.50. The maximum absolute atomic E-state index is 4.50. The van der Waals surface area contributed by atoms with Crippen molar-refractivity contribution in [2.45, 2.75) is 38.6 Å². The average Bonchev–Trinajstić information content (AvgIpc) is 3.02. The monoisotopic (exact) mass is 190 g/mol. The third kappa shape index (κ3) is 2.13. The van der Waals surface area contributed by atoms with E-state index < -0.39 is 0 Å². The molecule has 0 saturated heterocycles. The van der Waals surface area contributed by atoms with Crippen LogP contribution in [0.4, 0.5) is 0 Å². The van der Waals surface area contributed by atoms with Crippen molar-refractivity contribution in [3.8, 4) is 0 Å². The zero-order valence-corrected chi connectivity index (χ0v) is 8.96. The Labute approximate surface area is 85.7 Å². The quantitative estimate of drug-likeness (QED) is 0.789. The van der Waals surface area contributed by atoms with Crippen molar-refractivity contribution in [2.75, 3.05) is 6.54 Å².